The first-order chi connectivity index (χ1) is 17.5. The van der Waals surface area contributed by atoms with Gasteiger partial charge in [0.05, 0.1) is 17.7 Å². The number of aromatic nitrogens is 1. The van der Waals surface area contributed by atoms with Gasteiger partial charge in [-0.05, 0) is 54.7 Å². The Bertz CT molecular complexity index is 1180. The molecule has 0 N–H and O–H groups in total. The molecule has 0 aliphatic carbocycles. The second kappa shape index (κ2) is 9.66. The zero-order valence-corrected chi connectivity index (χ0v) is 19.9. The van der Waals surface area contributed by atoms with Gasteiger partial charge in [-0.1, -0.05) is 18.2 Å². The van der Waals surface area contributed by atoms with E-state index in [4.69, 9.17) is 0 Å². The Hall–Kier alpha value is -3.08. The van der Waals surface area contributed by atoms with Crippen molar-refractivity contribution < 1.29 is 31.1 Å². The highest BCUT2D eigenvalue weighted by Crippen LogP contribution is 2.41. The zero-order valence-electron chi connectivity index (χ0n) is 19.9. The number of piperazine rings is 1. The largest absolute Gasteiger partial charge is 0.419 e. The van der Waals surface area contributed by atoms with Crippen LogP contribution in [-0.2, 0) is 17.1 Å². The molecule has 1 amide bonds. The molecular weight excluding hydrogens is 498 g/mol. The predicted octanol–water partition coefficient (Wildman–Crippen LogP) is 5.09. The fourth-order valence-electron chi connectivity index (χ4n) is 5.63. The molecule has 1 aromatic carbocycles. The van der Waals surface area contributed by atoms with E-state index in [2.05, 4.69) is 4.98 Å². The molecule has 11 heteroatoms. The number of benzene rings is 1. The minimum absolute atomic E-state index is 0.0447. The Kier molecular flexibility index (Phi) is 6.68. The van der Waals surface area contributed by atoms with E-state index in [0.29, 0.717) is 38.2 Å². The summed E-state index contributed by atoms with van der Waals surface area (Å²) in [6.07, 6.45) is -3.83. The number of carbonyl (C=O) groups excluding carboxylic acids is 1. The molecule has 1 aromatic heterocycles. The molecule has 2 atom stereocenters. The van der Waals surface area contributed by atoms with Crippen molar-refractivity contribution in [1.29, 1.82) is 0 Å². The molecule has 0 saturated carbocycles. The molecule has 37 heavy (non-hydrogen) atoms. The molecule has 2 unspecified atom stereocenters. The third-order valence-electron chi connectivity index (χ3n) is 7.38. The molecule has 2 bridgehead atoms. The number of nitrogens with zero attached hydrogens (tertiary/aromatic N) is 4. The molecular formula is C26H26F6N4O. The lowest BCUT2D eigenvalue weighted by atomic mass is 9.97. The monoisotopic (exact) mass is 524 g/mol. The average molecular weight is 525 g/mol. The molecule has 198 valence electrons. The average Bonchev–Trinajstić information content (AvgIpc) is 3.13. The normalized spacial score (nSPS) is 22.8. The summed E-state index contributed by atoms with van der Waals surface area (Å²) in [5.41, 5.74) is -0.167. The van der Waals surface area contributed by atoms with Gasteiger partial charge in [-0.25, -0.2) is 4.98 Å². The Morgan fingerprint density at radius 2 is 1.70 bits per heavy atom. The van der Waals surface area contributed by atoms with Gasteiger partial charge >= 0.3 is 12.4 Å². The first-order valence-electron chi connectivity index (χ1n) is 12.2. The number of likely N-dealkylation sites (tertiary alicyclic amines) is 1. The van der Waals surface area contributed by atoms with Crippen LogP contribution in [0.1, 0.15) is 36.0 Å². The second-order valence-corrected chi connectivity index (χ2v) is 9.76. The Morgan fingerprint density at radius 1 is 0.973 bits per heavy atom. The van der Waals surface area contributed by atoms with Gasteiger partial charge in [0.1, 0.15) is 5.82 Å². The summed E-state index contributed by atoms with van der Waals surface area (Å²) >= 11 is 0. The Morgan fingerprint density at radius 3 is 2.32 bits per heavy atom. The van der Waals surface area contributed by atoms with Crippen LogP contribution < -0.4 is 4.90 Å². The fraction of sp³-hybridized carbons (Fsp3) is 0.462. The number of amides is 1. The maximum absolute atomic E-state index is 13.6. The van der Waals surface area contributed by atoms with Crippen molar-refractivity contribution in [3.8, 4) is 0 Å². The number of anilines is 1. The first-order valence-corrected chi connectivity index (χ1v) is 12.2. The van der Waals surface area contributed by atoms with Crippen molar-refractivity contribution in [2.24, 2.45) is 0 Å². The lowest BCUT2D eigenvalue weighted by molar-refractivity contribution is -0.138. The SMILES string of the molecule is O=C(CN1CC2CCC(C1)N2c1ncccc1C(F)(F)F)N1CC=C(c2cccc(C(F)(F)F)c2)CC1. The van der Waals surface area contributed by atoms with Gasteiger partial charge in [0.15, 0.2) is 0 Å². The summed E-state index contributed by atoms with van der Waals surface area (Å²) in [7, 11) is 0. The van der Waals surface area contributed by atoms with Crippen LogP contribution in [0.2, 0.25) is 0 Å². The van der Waals surface area contributed by atoms with Gasteiger partial charge in [0.2, 0.25) is 5.91 Å². The zero-order chi connectivity index (χ0) is 26.4. The summed E-state index contributed by atoms with van der Waals surface area (Å²) in [5, 5.41) is 0. The maximum Gasteiger partial charge on any atom is 0.419 e. The molecule has 0 spiro atoms. The molecule has 2 fully saturated rings. The lowest BCUT2D eigenvalue weighted by Crippen LogP contribution is -2.56. The fourth-order valence-corrected chi connectivity index (χ4v) is 5.63. The first kappa shape index (κ1) is 25.6. The number of pyridine rings is 1. The topological polar surface area (TPSA) is 39.7 Å². The number of hydrogen-bond donors (Lipinski definition) is 0. The quantitative estimate of drug-likeness (QED) is 0.523. The standard InChI is InChI=1S/C26H26F6N4O/c27-25(28,29)19-4-1-3-18(13-19)17-8-11-35(12-9-17)23(37)16-34-14-20-6-7-21(15-34)36(20)24-22(26(30,31)32)5-2-10-33-24/h1-5,8,10,13,20-21H,6-7,9,11-12,14-16H2. The van der Waals surface area contributed by atoms with Crippen molar-refractivity contribution >= 4 is 17.3 Å². The van der Waals surface area contributed by atoms with E-state index in [1.807, 2.05) is 4.90 Å². The van der Waals surface area contributed by atoms with Gasteiger partial charge in [0, 0.05) is 44.5 Å². The molecule has 2 aromatic rings. The van der Waals surface area contributed by atoms with E-state index in [1.165, 1.54) is 18.3 Å². The molecule has 2 saturated heterocycles. The van der Waals surface area contributed by atoms with Crippen molar-refractivity contribution in [3.63, 3.8) is 0 Å². The summed E-state index contributed by atoms with van der Waals surface area (Å²) in [4.78, 5) is 22.5. The van der Waals surface area contributed by atoms with E-state index < -0.39 is 23.5 Å². The van der Waals surface area contributed by atoms with E-state index in [1.54, 1.807) is 21.9 Å². The highest BCUT2D eigenvalue weighted by atomic mass is 19.4. The third kappa shape index (κ3) is 5.32. The predicted molar refractivity (Wildman–Crippen MR) is 126 cm³/mol. The summed E-state index contributed by atoms with van der Waals surface area (Å²) < 4.78 is 79.8. The Balaban J connectivity index is 1.21. The summed E-state index contributed by atoms with van der Waals surface area (Å²) in [6, 6.07) is 7.21. The number of fused-ring (bicyclic) bond motifs is 2. The highest BCUT2D eigenvalue weighted by molar-refractivity contribution is 5.80. The van der Waals surface area contributed by atoms with Crippen LogP contribution in [0.4, 0.5) is 32.2 Å². The molecule has 5 nitrogen and oxygen atoms in total. The van der Waals surface area contributed by atoms with Crippen LogP contribution in [0.5, 0.6) is 0 Å². The van der Waals surface area contributed by atoms with E-state index in [0.717, 1.165) is 36.6 Å². The molecule has 5 rings (SSSR count). The van der Waals surface area contributed by atoms with Gasteiger partial charge in [-0.3, -0.25) is 9.69 Å². The summed E-state index contributed by atoms with van der Waals surface area (Å²) in [5.74, 6) is -0.141. The van der Waals surface area contributed by atoms with Crippen molar-refractivity contribution in [2.45, 2.75) is 43.7 Å². The van der Waals surface area contributed by atoms with Gasteiger partial charge < -0.3 is 9.80 Å². The smallest absolute Gasteiger partial charge is 0.348 e. The van der Waals surface area contributed by atoms with E-state index >= 15 is 0 Å². The third-order valence-corrected chi connectivity index (χ3v) is 7.38. The van der Waals surface area contributed by atoms with Crippen LogP contribution in [0.15, 0.2) is 48.7 Å². The summed E-state index contributed by atoms with van der Waals surface area (Å²) in [6.45, 7) is 1.79. The minimum atomic E-state index is -4.50. The van der Waals surface area contributed by atoms with E-state index in [-0.39, 0.29) is 30.4 Å². The van der Waals surface area contributed by atoms with Crippen molar-refractivity contribution in [1.82, 2.24) is 14.8 Å². The molecule has 0 radical (unpaired) electrons. The number of carbonyl (C=O) groups is 1. The van der Waals surface area contributed by atoms with Crippen LogP contribution in [-0.4, -0.2) is 65.5 Å². The number of rotatable bonds is 4. The maximum atomic E-state index is 13.6. The Labute approximate surface area is 210 Å². The second-order valence-electron chi connectivity index (χ2n) is 9.76. The highest BCUT2D eigenvalue weighted by Gasteiger charge is 2.45. The van der Waals surface area contributed by atoms with Crippen LogP contribution in [0.3, 0.4) is 0 Å². The van der Waals surface area contributed by atoms with Crippen LogP contribution >= 0.6 is 0 Å². The van der Waals surface area contributed by atoms with Gasteiger partial charge in [-0.2, -0.15) is 26.3 Å². The number of hydrogen-bond acceptors (Lipinski definition) is 4. The molecule has 3 aliphatic heterocycles. The number of alkyl halides is 6. The number of halogens is 6. The molecule has 3 aliphatic rings. The van der Waals surface area contributed by atoms with Gasteiger partial charge in [0.25, 0.3) is 0 Å². The van der Waals surface area contributed by atoms with Crippen LogP contribution in [0, 0.1) is 0 Å². The lowest BCUT2D eigenvalue weighted by Gasteiger charge is -2.42. The van der Waals surface area contributed by atoms with Crippen LogP contribution in [0.25, 0.3) is 5.57 Å². The van der Waals surface area contributed by atoms with Crippen molar-refractivity contribution in [3.05, 3.63) is 65.4 Å². The van der Waals surface area contributed by atoms with Gasteiger partial charge in [-0.15, -0.1) is 0 Å². The molecule has 4 heterocycles. The van der Waals surface area contributed by atoms with E-state index in [9.17, 15) is 31.1 Å². The minimum Gasteiger partial charge on any atom is -0.348 e. The van der Waals surface area contributed by atoms with Crippen molar-refractivity contribution in [2.75, 3.05) is 37.6 Å².